The van der Waals surface area contributed by atoms with E-state index in [0.717, 1.165) is 23.9 Å². The number of unbranched alkanes of at least 4 members (excludes halogenated alkanes) is 1. The highest BCUT2D eigenvalue weighted by Gasteiger charge is 2.09. The van der Waals surface area contributed by atoms with Crippen LogP contribution in [0.2, 0.25) is 5.15 Å². The molecule has 0 atom stereocenters. The third kappa shape index (κ3) is 2.86. The Morgan fingerprint density at radius 2 is 2.33 bits per heavy atom. The number of nitrogens with zero attached hydrogens (tertiary/aromatic N) is 4. The molecule has 0 aliphatic rings. The van der Waals surface area contributed by atoms with Crippen LogP contribution in [0.5, 0.6) is 0 Å². The Kier molecular flexibility index (Phi) is 4.28. The van der Waals surface area contributed by atoms with Crippen LogP contribution in [0.25, 0.3) is 11.0 Å². The normalized spacial score (nSPS) is 11.0. The predicted molar refractivity (Wildman–Crippen MR) is 70.4 cm³/mol. The van der Waals surface area contributed by atoms with Gasteiger partial charge >= 0.3 is 0 Å². The van der Waals surface area contributed by atoms with E-state index in [9.17, 15) is 0 Å². The van der Waals surface area contributed by atoms with Gasteiger partial charge in [0.2, 0.25) is 0 Å². The monoisotopic (exact) mass is 266 g/mol. The molecular formula is C12H15ClN4O. The van der Waals surface area contributed by atoms with E-state index in [2.05, 4.69) is 21.6 Å². The van der Waals surface area contributed by atoms with Gasteiger partial charge in [0.1, 0.15) is 11.8 Å². The van der Waals surface area contributed by atoms with E-state index >= 15 is 0 Å². The molecule has 0 radical (unpaired) electrons. The zero-order valence-electron chi connectivity index (χ0n) is 10.3. The third-order valence-electron chi connectivity index (χ3n) is 2.52. The van der Waals surface area contributed by atoms with Crippen LogP contribution < -0.4 is 0 Å². The fourth-order valence-electron chi connectivity index (χ4n) is 1.59. The summed E-state index contributed by atoms with van der Waals surface area (Å²) in [6.07, 6.45) is 5.43. The number of fused-ring (bicyclic) bond motifs is 1. The van der Waals surface area contributed by atoms with Gasteiger partial charge in [-0.1, -0.05) is 17.7 Å². The van der Waals surface area contributed by atoms with Gasteiger partial charge in [0.15, 0.2) is 11.5 Å². The maximum Gasteiger partial charge on any atom is 0.162 e. The molecule has 2 aromatic heterocycles. The molecule has 0 saturated heterocycles. The molecule has 0 saturated carbocycles. The van der Waals surface area contributed by atoms with Gasteiger partial charge in [-0.15, -0.1) is 6.58 Å². The summed E-state index contributed by atoms with van der Waals surface area (Å²) in [7, 11) is 1.82. The summed E-state index contributed by atoms with van der Waals surface area (Å²) in [4.78, 5) is 8.56. The van der Waals surface area contributed by atoms with Crippen LogP contribution in [-0.2, 0) is 18.4 Å². The number of hydrogen-bond acceptors (Lipinski definition) is 4. The number of aryl methyl sites for hydroxylation is 1. The molecule has 18 heavy (non-hydrogen) atoms. The van der Waals surface area contributed by atoms with Crippen molar-refractivity contribution in [2.45, 2.75) is 19.4 Å². The smallest absolute Gasteiger partial charge is 0.162 e. The van der Waals surface area contributed by atoms with E-state index in [0.29, 0.717) is 24.2 Å². The molecule has 0 aliphatic heterocycles. The highest BCUT2D eigenvalue weighted by atomic mass is 35.5. The lowest BCUT2D eigenvalue weighted by Crippen LogP contribution is -2.03. The molecule has 6 heteroatoms. The van der Waals surface area contributed by atoms with Crippen LogP contribution in [-0.4, -0.2) is 26.4 Å². The zero-order chi connectivity index (χ0) is 13.0. The van der Waals surface area contributed by atoms with Gasteiger partial charge in [-0.05, 0) is 12.8 Å². The molecule has 0 spiro atoms. The highest BCUT2D eigenvalue weighted by molar-refractivity contribution is 6.33. The van der Waals surface area contributed by atoms with Crippen molar-refractivity contribution in [2.24, 2.45) is 7.05 Å². The van der Waals surface area contributed by atoms with E-state index in [4.69, 9.17) is 16.3 Å². The lowest BCUT2D eigenvalue weighted by molar-refractivity contribution is 0.114. The van der Waals surface area contributed by atoms with E-state index in [1.807, 2.05) is 13.1 Å². The van der Waals surface area contributed by atoms with Crippen LogP contribution in [0.1, 0.15) is 18.7 Å². The van der Waals surface area contributed by atoms with Crippen LogP contribution in [0.15, 0.2) is 18.9 Å². The van der Waals surface area contributed by atoms with E-state index in [1.165, 1.54) is 0 Å². The van der Waals surface area contributed by atoms with Crippen molar-refractivity contribution < 1.29 is 4.74 Å². The molecule has 2 rings (SSSR count). The second-order valence-corrected chi connectivity index (χ2v) is 4.28. The first-order valence-corrected chi connectivity index (χ1v) is 6.13. The molecule has 0 amide bonds. The quantitative estimate of drug-likeness (QED) is 0.458. The van der Waals surface area contributed by atoms with Crippen molar-refractivity contribution in [1.82, 2.24) is 19.7 Å². The third-order valence-corrected chi connectivity index (χ3v) is 2.81. The van der Waals surface area contributed by atoms with Gasteiger partial charge in [-0.25, -0.2) is 9.97 Å². The molecule has 96 valence electrons. The number of allylic oxidation sites excluding steroid dienone is 1. The van der Waals surface area contributed by atoms with Crippen molar-refractivity contribution in [3.8, 4) is 0 Å². The van der Waals surface area contributed by atoms with Crippen molar-refractivity contribution in [3.63, 3.8) is 0 Å². The molecule has 0 aromatic carbocycles. The molecule has 0 N–H and O–H groups in total. The molecule has 2 heterocycles. The SMILES string of the molecule is C=CCCCOCc1nc(Cl)c2cnn(C)c2n1. The Morgan fingerprint density at radius 1 is 1.50 bits per heavy atom. The Bertz CT molecular complexity index is 552. The Morgan fingerprint density at radius 3 is 3.11 bits per heavy atom. The maximum atomic E-state index is 6.06. The largest absolute Gasteiger partial charge is 0.373 e. The van der Waals surface area contributed by atoms with Crippen LogP contribution >= 0.6 is 11.6 Å². The Balaban J connectivity index is 2.04. The zero-order valence-corrected chi connectivity index (χ0v) is 11.0. The molecule has 0 fully saturated rings. The first-order chi connectivity index (χ1) is 8.72. The lowest BCUT2D eigenvalue weighted by Gasteiger charge is -2.03. The average molecular weight is 267 g/mol. The van der Waals surface area contributed by atoms with E-state index in [1.54, 1.807) is 10.9 Å². The lowest BCUT2D eigenvalue weighted by atomic mass is 10.3. The summed E-state index contributed by atoms with van der Waals surface area (Å²) >= 11 is 6.06. The van der Waals surface area contributed by atoms with E-state index < -0.39 is 0 Å². The topological polar surface area (TPSA) is 52.8 Å². The van der Waals surface area contributed by atoms with E-state index in [-0.39, 0.29) is 0 Å². The number of rotatable bonds is 6. The average Bonchev–Trinajstić information content (AvgIpc) is 2.72. The minimum atomic E-state index is 0.359. The van der Waals surface area contributed by atoms with Gasteiger partial charge in [-0.2, -0.15) is 5.10 Å². The molecular weight excluding hydrogens is 252 g/mol. The second kappa shape index (κ2) is 5.93. The van der Waals surface area contributed by atoms with Crippen LogP contribution in [0, 0.1) is 0 Å². The predicted octanol–water partition coefficient (Wildman–Crippen LogP) is 2.50. The van der Waals surface area contributed by atoms with Crippen molar-refractivity contribution >= 4 is 22.6 Å². The molecule has 5 nitrogen and oxygen atoms in total. The number of halogens is 1. The first-order valence-electron chi connectivity index (χ1n) is 5.75. The standard InChI is InChI=1S/C12H15ClN4O/c1-3-4-5-6-18-8-10-15-11(13)9-7-14-17(2)12(9)16-10/h3,7H,1,4-6,8H2,2H3. The second-order valence-electron chi connectivity index (χ2n) is 3.92. The minimum Gasteiger partial charge on any atom is -0.373 e. The van der Waals surface area contributed by atoms with Crippen molar-refractivity contribution in [1.29, 1.82) is 0 Å². The summed E-state index contributed by atoms with van der Waals surface area (Å²) in [5, 5.41) is 5.27. The maximum absolute atomic E-state index is 6.06. The first kappa shape index (κ1) is 13.0. The van der Waals surface area contributed by atoms with Gasteiger partial charge in [0.25, 0.3) is 0 Å². The van der Waals surface area contributed by atoms with Gasteiger partial charge in [-0.3, -0.25) is 4.68 Å². The van der Waals surface area contributed by atoms with Crippen LogP contribution in [0.4, 0.5) is 0 Å². The highest BCUT2D eigenvalue weighted by Crippen LogP contribution is 2.19. The summed E-state index contributed by atoms with van der Waals surface area (Å²) in [5.74, 6) is 0.578. The Hall–Kier alpha value is -1.46. The van der Waals surface area contributed by atoms with Gasteiger partial charge < -0.3 is 4.74 Å². The summed E-state index contributed by atoms with van der Waals surface area (Å²) in [6, 6.07) is 0. The molecule has 2 aromatic rings. The number of ether oxygens (including phenoxy) is 1. The fourth-order valence-corrected chi connectivity index (χ4v) is 1.82. The summed E-state index contributed by atoms with van der Waals surface area (Å²) in [5.41, 5.74) is 0.722. The van der Waals surface area contributed by atoms with Gasteiger partial charge in [0.05, 0.1) is 11.6 Å². The number of hydrogen-bond donors (Lipinski definition) is 0. The van der Waals surface area contributed by atoms with Crippen molar-refractivity contribution in [2.75, 3.05) is 6.61 Å². The van der Waals surface area contributed by atoms with Crippen LogP contribution in [0.3, 0.4) is 0 Å². The molecule has 0 unspecified atom stereocenters. The summed E-state index contributed by atoms with van der Waals surface area (Å²) in [6.45, 7) is 4.68. The van der Waals surface area contributed by atoms with Gasteiger partial charge in [0, 0.05) is 13.7 Å². The molecule has 0 bridgehead atoms. The number of aromatic nitrogens is 4. The minimum absolute atomic E-state index is 0.359. The Labute approximate surface area is 110 Å². The summed E-state index contributed by atoms with van der Waals surface area (Å²) < 4.78 is 7.15. The van der Waals surface area contributed by atoms with Crippen molar-refractivity contribution in [3.05, 3.63) is 29.8 Å². The fraction of sp³-hybridized carbons (Fsp3) is 0.417. The molecule has 0 aliphatic carbocycles.